The van der Waals surface area contributed by atoms with E-state index in [2.05, 4.69) is 10.4 Å². The average molecular weight is 265 g/mol. The van der Waals surface area contributed by atoms with Crippen molar-refractivity contribution in [2.24, 2.45) is 0 Å². The third-order valence-corrected chi connectivity index (χ3v) is 2.56. The number of halogens is 2. The molecule has 1 aromatic carbocycles. The van der Waals surface area contributed by atoms with Crippen LogP contribution in [0.3, 0.4) is 0 Å². The average Bonchev–Trinajstić information content (AvgIpc) is 2.81. The number of aromatic nitrogens is 2. The minimum absolute atomic E-state index is 0.0596. The van der Waals surface area contributed by atoms with E-state index in [9.17, 15) is 13.6 Å². The van der Waals surface area contributed by atoms with Crippen LogP contribution in [0, 0.1) is 11.6 Å². The number of carbonyl (C=O) groups is 1. The Morgan fingerprint density at radius 1 is 1.37 bits per heavy atom. The largest absolute Gasteiger partial charge is 0.318 e. The molecule has 6 heteroatoms. The minimum Gasteiger partial charge on any atom is -0.318 e. The molecule has 0 aliphatic heterocycles. The van der Waals surface area contributed by atoms with Crippen molar-refractivity contribution in [3.63, 3.8) is 0 Å². The number of aryl methyl sites for hydroxylation is 1. The number of benzene rings is 1. The molecular formula is C13H13F2N3O. The Balaban J connectivity index is 2.18. The minimum atomic E-state index is -0.810. The van der Waals surface area contributed by atoms with E-state index in [1.54, 1.807) is 6.07 Å². The van der Waals surface area contributed by atoms with Crippen LogP contribution in [0.2, 0.25) is 0 Å². The summed E-state index contributed by atoms with van der Waals surface area (Å²) in [5.74, 6) is -1.97. The van der Waals surface area contributed by atoms with Gasteiger partial charge >= 0.3 is 0 Å². The Bertz CT molecular complexity index is 595. The van der Waals surface area contributed by atoms with Gasteiger partial charge in [-0.1, -0.05) is 6.92 Å². The zero-order chi connectivity index (χ0) is 13.8. The summed E-state index contributed by atoms with van der Waals surface area (Å²) in [6.45, 7) is 2.56. The molecule has 1 N–H and O–H groups in total. The van der Waals surface area contributed by atoms with Gasteiger partial charge in [0.1, 0.15) is 17.3 Å². The fourth-order valence-corrected chi connectivity index (χ4v) is 1.69. The number of nitrogens with one attached hydrogen (secondary N) is 1. The number of hydrogen-bond donors (Lipinski definition) is 1. The highest BCUT2D eigenvalue weighted by atomic mass is 19.1. The van der Waals surface area contributed by atoms with Crippen LogP contribution in [0.5, 0.6) is 0 Å². The van der Waals surface area contributed by atoms with Crippen LogP contribution < -0.4 is 5.32 Å². The SMILES string of the molecule is CCCn1nccc1C(=O)Nc1ccc(F)cc1F. The summed E-state index contributed by atoms with van der Waals surface area (Å²) in [5.41, 5.74) is 0.279. The normalized spacial score (nSPS) is 10.5. The van der Waals surface area contributed by atoms with E-state index < -0.39 is 17.5 Å². The van der Waals surface area contributed by atoms with Gasteiger partial charge in [0.2, 0.25) is 0 Å². The maximum atomic E-state index is 13.4. The maximum Gasteiger partial charge on any atom is 0.274 e. The summed E-state index contributed by atoms with van der Waals surface area (Å²) >= 11 is 0. The quantitative estimate of drug-likeness (QED) is 0.924. The summed E-state index contributed by atoms with van der Waals surface area (Å²) in [7, 11) is 0. The molecule has 0 aliphatic carbocycles. The molecule has 0 aliphatic rings. The highest BCUT2D eigenvalue weighted by Gasteiger charge is 2.14. The Morgan fingerprint density at radius 3 is 2.84 bits per heavy atom. The molecular weight excluding hydrogens is 252 g/mol. The molecule has 0 saturated heterocycles. The number of anilines is 1. The molecule has 0 bridgehead atoms. The predicted molar refractivity (Wildman–Crippen MR) is 66.8 cm³/mol. The number of amides is 1. The van der Waals surface area contributed by atoms with Gasteiger partial charge in [0.25, 0.3) is 5.91 Å². The van der Waals surface area contributed by atoms with Gasteiger partial charge in [-0.05, 0) is 24.6 Å². The molecule has 0 radical (unpaired) electrons. The monoisotopic (exact) mass is 265 g/mol. The predicted octanol–water partition coefficient (Wildman–Crippen LogP) is 2.82. The van der Waals surface area contributed by atoms with Crippen molar-refractivity contribution in [2.45, 2.75) is 19.9 Å². The molecule has 0 saturated carbocycles. The Kier molecular flexibility index (Phi) is 3.89. The van der Waals surface area contributed by atoms with Gasteiger partial charge in [-0.2, -0.15) is 5.10 Å². The van der Waals surface area contributed by atoms with Gasteiger partial charge in [-0.15, -0.1) is 0 Å². The van der Waals surface area contributed by atoms with Crippen molar-refractivity contribution >= 4 is 11.6 Å². The molecule has 0 spiro atoms. The van der Waals surface area contributed by atoms with Crippen molar-refractivity contribution in [2.75, 3.05) is 5.32 Å². The first kappa shape index (κ1) is 13.2. The van der Waals surface area contributed by atoms with E-state index in [-0.39, 0.29) is 5.69 Å². The highest BCUT2D eigenvalue weighted by molar-refractivity contribution is 6.03. The van der Waals surface area contributed by atoms with Crippen LogP contribution in [-0.4, -0.2) is 15.7 Å². The molecule has 1 heterocycles. The molecule has 0 atom stereocenters. The van der Waals surface area contributed by atoms with Crippen molar-refractivity contribution in [3.05, 3.63) is 47.8 Å². The van der Waals surface area contributed by atoms with E-state index in [0.29, 0.717) is 12.2 Å². The number of nitrogens with zero attached hydrogens (tertiary/aromatic N) is 2. The van der Waals surface area contributed by atoms with Crippen molar-refractivity contribution in [1.29, 1.82) is 0 Å². The fraction of sp³-hybridized carbons (Fsp3) is 0.231. The lowest BCUT2D eigenvalue weighted by molar-refractivity contribution is 0.101. The van der Waals surface area contributed by atoms with Crippen molar-refractivity contribution < 1.29 is 13.6 Å². The number of carbonyl (C=O) groups excluding carboxylic acids is 1. The van der Waals surface area contributed by atoms with Crippen molar-refractivity contribution in [1.82, 2.24) is 9.78 Å². The number of hydrogen-bond acceptors (Lipinski definition) is 2. The van der Waals surface area contributed by atoms with Crippen molar-refractivity contribution in [3.8, 4) is 0 Å². The molecule has 19 heavy (non-hydrogen) atoms. The highest BCUT2D eigenvalue weighted by Crippen LogP contribution is 2.16. The number of rotatable bonds is 4. The summed E-state index contributed by atoms with van der Waals surface area (Å²) < 4.78 is 27.7. The smallest absolute Gasteiger partial charge is 0.274 e. The van der Waals surface area contributed by atoms with Gasteiger partial charge in [0, 0.05) is 18.8 Å². The fourth-order valence-electron chi connectivity index (χ4n) is 1.69. The third kappa shape index (κ3) is 2.96. The van der Waals surface area contributed by atoms with Gasteiger partial charge in [-0.25, -0.2) is 8.78 Å². The molecule has 1 aromatic heterocycles. The van der Waals surface area contributed by atoms with E-state index in [4.69, 9.17) is 0 Å². The topological polar surface area (TPSA) is 46.9 Å². The first-order chi connectivity index (χ1) is 9.11. The van der Waals surface area contributed by atoms with Crippen LogP contribution in [-0.2, 0) is 6.54 Å². The lowest BCUT2D eigenvalue weighted by Gasteiger charge is -2.08. The van der Waals surface area contributed by atoms with Gasteiger partial charge in [0.05, 0.1) is 5.69 Å². The van der Waals surface area contributed by atoms with E-state index in [1.165, 1.54) is 16.9 Å². The lowest BCUT2D eigenvalue weighted by atomic mass is 10.3. The van der Waals surface area contributed by atoms with Crippen LogP contribution in [0.25, 0.3) is 0 Å². The first-order valence-electron chi connectivity index (χ1n) is 5.90. The molecule has 1 amide bonds. The molecule has 0 fully saturated rings. The molecule has 100 valence electrons. The Morgan fingerprint density at radius 2 is 2.16 bits per heavy atom. The van der Waals surface area contributed by atoms with Crippen LogP contribution in [0.4, 0.5) is 14.5 Å². The van der Waals surface area contributed by atoms with Gasteiger partial charge in [-0.3, -0.25) is 9.48 Å². The summed E-state index contributed by atoms with van der Waals surface area (Å²) in [6.07, 6.45) is 2.33. The second-order valence-corrected chi connectivity index (χ2v) is 4.02. The van der Waals surface area contributed by atoms with Gasteiger partial charge in [0.15, 0.2) is 0 Å². The zero-order valence-electron chi connectivity index (χ0n) is 10.4. The second kappa shape index (κ2) is 5.60. The summed E-state index contributed by atoms with van der Waals surface area (Å²) in [5, 5.41) is 6.40. The zero-order valence-corrected chi connectivity index (χ0v) is 10.4. The second-order valence-electron chi connectivity index (χ2n) is 4.02. The first-order valence-corrected chi connectivity index (χ1v) is 5.90. The molecule has 2 aromatic rings. The molecule has 2 rings (SSSR count). The Hall–Kier alpha value is -2.24. The Labute approximate surface area is 109 Å². The van der Waals surface area contributed by atoms with E-state index in [1.807, 2.05) is 6.92 Å². The van der Waals surface area contributed by atoms with E-state index in [0.717, 1.165) is 18.6 Å². The lowest BCUT2D eigenvalue weighted by Crippen LogP contribution is -2.18. The van der Waals surface area contributed by atoms with Crippen LogP contribution >= 0.6 is 0 Å². The summed E-state index contributed by atoms with van der Waals surface area (Å²) in [4.78, 5) is 12.0. The van der Waals surface area contributed by atoms with Crippen LogP contribution in [0.1, 0.15) is 23.8 Å². The maximum absolute atomic E-state index is 13.4. The molecule has 0 unspecified atom stereocenters. The van der Waals surface area contributed by atoms with Gasteiger partial charge < -0.3 is 5.32 Å². The standard InChI is InChI=1S/C13H13F2N3O/c1-2-7-18-12(5-6-16-18)13(19)17-11-4-3-9(14)8-10(11)15/h3-6,8H,2,7H2,1H3,(H,17,19). The third-order valence-electron chi connectivity index (χ3n) is 2.56. The molecule has 4 nitrogen and oxygen atoms in total. The van der Waals surface area contributed by atoms with E-state index >= 15 is 0 Å². The van der Waals surface area contributed by atoms with Crippen LogP contribution in [0.15, 0.2) is 30.5 Å². The summed E-state index contributed by atoms with van der Waals surface area (Å²) in [6, 6.07) is 4.54.